The van der Waals surface area contributed by atoms with Crippen molar-refractivity contribution in [3.63, 3.8) is 0 Å². The first kappa shape index (κ1) is 15.6. The van der Waals surface area contributed by atoms with E-state index in [1.54, 1.807) is 26.1 Å². The fourth-order valence-corrected chi connectivity index (χ4v) is 2.34. The molecule has 0 heterocycles. The van der Waals surface area contributed by atoms with Crippen LogP contribution in [0.4, 0.5) is 5.69 Å². The van der Waals surface area contributed by atoms with Crippen LogP contribution in [0.2, 0.25) is 1.41 Å². The maximum absolute atomic E-state index is 11.8. The van der Waals surface area contributed by atoms with Gasteiger partial charge in [0.05, 0.1) is 4.90 Å². The Kier molecular flexibility index (Phi) is 5.46. The van der Waals surface area contributed by atoms with Crippen LogP contribution < -0.4 is 11.0 Å². The van der Waals surface area contributed by atoms with Crippen LogP contribution in [0, 0.1) is 0 Å². The second-order valence-corrected chi connectivity index (χ2v) is 6.24. The standard InChI is InChI=1S/C12H18N2O3S.H3N/c1-5-12(15)14(4)10-6-8-11(9-7-10)18(16,17)13(2)3;/h6-9H,5H2,1-4H3;1H3/i/hT. The summed E-state index contributed by atoms with van der Waals surface area (Å²) in [5, 5.41) is 0. The average molecular weight is 289 g/mol. The number of carbonyl (C=O) groups excluding carboxylic acids is 1. The Morgan fingerprint density at radius 3 is 2.05 bits per heavy atom. The van der Waals surface area contributed by atoms with Crippen molar-refractivity contribution in [2.75, 3.05) is 26.0 Å². The number of sulfonamides is 1. The van der Waals surface area contributed by atoms with Crippen LogP contribution in [0.5, 0.6) is 0 Å². The summed E-state index contributed by atoms with van der Waals surface area (Å²) in [7, 11) is 1.22. The molecule has 7 heteroatoms. The van der Waals surface area contributed by atoms with Crippen molar-refractivity contribution in [1.82, 2.24) is 10.4 Å². The van der Waals surface area contributed by atoms with Crippen molar-refractivity contribution in [3.8, 4) is 0 Å². The highest BCUT2D eigenvalue weighted by atomic mass is 32.2. The van der Waals surface area contributed by atoms with Gasteiger partial charge < -0.3 is 11.0 Å². The molecule has 0 aliphatic carbocycles. The Morgan fingerprint density at radius 1 is 1.21 bits per heavy atom. The summed E-state index contributed by atoms with van der Waals surface area (Å²) >= 11 is 0. The first-order valence-corrected chi connectivity index (χ1v) is 7.04. The molecule has 3 N–H and O–H groups in total. The lowest BCUT2D eigenvalue weighted by Gasteiger charge is -2.17. The van der Waals surface area contributed by atoms with E-state index in [0.29, 0.717) is 12.1 Å². The largest absolute Gasteiger partial charge is 0.344 e. The fourth-order valence-electron chi connectivity index (χ4n) is 1.43. The molecular weight excluding hydrogens is 266 g/mol. The van der Waals surface area contributed by atoms with Crippen molar-refractivity contribution in [2.24, 2.45) is 0 Å². The second-order valence-electron chi connectivity index (χ2n) is 4.09. The third-order valence-electron chi connectivity index (χ3n) is 2.68. The van der Waals surface area contributed by atoms with Crippen LogP contribution in [0.3, 0.4) is 0 Å². The predicted octanol–water partition coefficient (Wildman–Crippen LogP) is 1.47. The zero-order chi connectivity index (χ0) is 15.9. The van der Waals surface area contributed by atoms with Crippen LogP contribution in [0.15, 0.2) is 29.2 Å². The lowest BCUT2D eigenvalue weighted by atomic mass is 10.3. The van der Waals surface area contributed by atoms with Crippen LogP contribution in [-0.4, -0.2) is 39.8 Å². The molecule has 1 rings (SSSR count). The molecule has 0 radical (unpaired) electrons. The molecule has 0 aliphatic heterocycles. The minimum Gasteiger partial charge on any atom is -0.344 e. The van der Waals surface area contributed by atoms with Crippen molar-refractivity contribution in [1.29, 1.82) is 0 Å². The summed E-state index contributed by atoms with van der Waals surface area (Å²) in [4.78, 5) is 13.2. The van der Waals surface area contributed by atoms with Gasteiger partial charge in [0.1, 0.15) is 1.41 Å². The molecule has 1 amide bonds. The molecule has 0 bridgehead atoms. The van der Waals surface area contributed by atoms with Crippen molar-refractivity contribution in [3.05, 3.63) is 24.3 Å². The van der Waals surface area contributed by atoms with Gasteiger partial charge in [-0.1, -0.05) is 6.92 Å². The number of carbonyl (C=O) groups is 1. The highest BCUT2D eigenvalue weighted by Gasteiger charge is 2.17. The molecule has 6 nitrogen and oxygen atoms in total. The normalized spacial score (nSPS) is 11.4. The number of amides is 1. The maximum atomic E-state index is 11.8. The quantitative estimate of drug-likeness (QED) is 0.908. The molecule has 1 aromatic rings. The summed E-state index contributed by atoms with van der Waals surface area (Å²) < 4.78 is 30.1. The van der Waals surface area contributed by atoms with Gasteiger partial charge in [0.2, 0.25) is 15.9 Å². The van der Waals surface area contributed by atoms with E-state index in [1.165, 1.54) is 31.1 Å². The van der Waals surface area contributed by atoms with E-state index in [1.807, 2.05) is 0 Å². The van der Waals surface area contributed by atoms with Crippen LogP contribution in [0.25, 0.3) is 0 Å². The molecule has 108 valence electrons. The van der Waals surface area contributed by atoms with Gasteiger partial charge in [0, 0.05) is 33.3 Å². The number of benzene rings is 1. The Balaban J connectivity index is 0.00000172. The van der Waals surface area contributed by atoms with Gasteiger partial charge in [-0.15, -0.1) is 0 Å². The van der Waals surface area contributed by atoms with Crippen molar-refractivity contribution < 1.29 is 14.6 Å². The first-order valence-electron chi connectivity index (χ1n) is 6.17. The summed E-state index contributed by atoms with van der Waals surface area (Å²) in [5.41, 5.74) is 0.680. The predicted molar refractivity (Wildman–Crippen MR) is 76.0 cm³/mol. The lowest BCUT2D eigenvalue weighted by molar-refractivity contribution is -0.118. The molecule has 0 aromatic heterocycles. The number of hydrogen-bond donors (Lipinski definition) is 1. The first-order chi connectivity index (χ1) is 9.30. The molecule has 0 saturated carbocycles. The molecule has 0 fully saturated rings. The molecule has 0 aliphatic rings. The van der Waals surface area contributed by atoms with E-state index in [9.17, 15) is 13.2 Å². The number of rotatable bonds is 4. The van der Waals surface area contributed by atoms with Crippen LogP contribution >= 0.6 is 0 Å². The van der Waals surface area contributed by atoms with Gasteiger partial charge >= 0.3 is 0 Å². The topological polar surface area (TPSA) is 92.7 Å². The number of anilines is 1. The van der Waals surface area contributed by atoms with E-state index in [2.05, 4.69) is 6.14 Å². The number of hydrogen-bond acceptors (Lipinski definition) is 4. The monoisotopic (exact) mass is 289 g/mol. The molecule has 1 aromatic carbocycles. The highest BCUT2D eigenvalue weighted by molar-refractivity contribution is 7.89. The summed E-state index contributed by atoms with van der Waals surface area (Å²) in [5.74, 6) is -0.0155. The maximum Gasteiger partial charge on any atom is 0.242 e. The SMILES string of the molecule is CCC(=O)N(C)c1ccc(S(=O)(=O)N(C)C)cc1.[3H]N. The fraction of sp³-hybridized carbons (Fsp3) is 0.417. The Morgan fingerprint density at radius 2 is 1.68 bits per heavy atom. The van der Waals surface area contributed by atoms with Crippen molar-refractivity contribution >= 4 is 21.6 Å². The van der Waals surface area contributed by atoms with E-state index in [-0.39, 0.29) is 10.8 Å². The molecular formula is C12H21N3O3S. The highest BCUT2D eigenvalue weighted by Crippen LogP contribution is 2.19. The van der Waals surface area contributed by atoms with Gasteiger partial charge in [-0.25, -0.2) is 12.7 Å². The van der Waals surface area contributed by atoms with Gasteiger partial charge in [0.25, 0.3) is 0 Å². The molecule has 0 saturated heterocycles. The lowest BCUT2D eigenvalue weighted by Crippen LogP contribution is -2.25. The molecule has 19 heavy (non-hydrogen) atoms. The Bertz CT molecular complexity index is 529. The van der Waals surface area contributed by atoms with E-state index >= 15 is 0 Å². The van der Waals surface area contributed by atoms with Gasteiger partial charge in [-0.3, -0.25) is 4.79 Å². The van der Waals surface area contributed by atoms with E-state index in [0.717, 1.165) is 4.31 Å². The summed E-state index contributed by atoms with van der Waals surface area (Å²) in [6, 6.07) is 6.27. The zero-order valence-corrected chi connectivity index (χ0v) is 12.4. The summed E-state index contributed by atoms with van der Waals surface area (Å²) in [6.45, 7) is 1.78. The zero-order valence-electron chi connectivity index (χ0n) is 12.6. The third kappa shape index (κ3) is 3.76. The van der Waals surface area contributed by atoms with E-state index in [4.69, 9.17) is 1.41 Å². The van der Waals surface area contributed by atoms with Gasteiger partial charge in [0.15, 0.2) is 0 Å². The molecule has 0 spiro atoms. The van der Waals surface area contributed by atoms with Crippen molar-refractivity contribution in [2.45, 2.75) is 18.2 Å². The molecule has 0 atom stereocenters. The van der Waals surface area contributed by atoms with Gasteiger partial charge in [-0.05, 0) is 24.3 Å². The van der Waals surface area contributed by atoms with E-state index < -0.39 is 10.0 Å². The van der Waals surface area contributed by atoms with Crippen LogP contribution in [0.1, 0.15) is 13.3 Å². The van der Waals surface area contributed by atoms with Gasteiger partial charge in [-0.2, -0.15) is 0 Å². The smallest absolute Gasteiger partial charge is 0.242 e. The summed E-state index contributed by atoms with van der Waals surface area (Å²) in [6.07, 6.45) is 4.16. The Hall–Kier alpha value is -1.44. The third-order valence-corrected chi connectivity index (χ3v) is 4.51. The second kappa shape index (κ2) is 6.65. The molecule has 0 unspecified atom stereocenters. The number of nitrogens with zero attached hydrogens (tertiary/aromatic N) is 2. The van der Waals surface area contributed by atoms with Crippen LogP contribution in [-0.2, 0) is 14.8 Å². The minimum atomic E-state index is -3.42. The minimum absolute atomic E-state index is 0.0155. The Labute approximate surface area is 116 Å². The average Bonchev–Trinajstić information content (AvgIpc) is 2.47.